The third kappa shape index (κ3) is 41.2. The Morgan fingerprint density at radius 3 is 1.46 bits per heavy atom. The maximum Gasteiger partial charge on any atom is 0.326 e. The summed E-state index contributed by atoms with van der Waals surface area (Å²) in [7, 11) is 0. The maximum atomic E-state index is 15.6. The molecule has 150 heavy (non-hydrogen) atoms. The Hall–Kier alpha value is -14.5. The number of rotatable bonds is 37. The van der Waals surface area contributed by atoms with Crippen molar-refractivity contribution in [2.75, 3.05) is 93.8 Å². The molecular weight excluding hydrogens is 2000 g/mol. The minimum Gasteiger partial charge on any atom is -0.480 e. The fourth-order valence-corrected chi connectivity index (χ4v) is 19.8. The van der Waals surface area contributed by atoms with E-state index in [1.807, 2.05) is 0 Å². The lowest BCUT2D eigenvalue weighted by Gasteiger charge is -2.42. The van der Waals surface area contributed by atoms with Gasteiger partial charge in [0.25, 0.3) is 0 Å². The number of benzene rings is 2. The van der Waals surface area contributed by atoms with Crippen LogP contribution >= 0.6 is 35.3 Å². The molecule has 14 atom stereocenters. The summed E-state index contributed by atoms with van der Waals surface area (Å²) in [5.74, 6) is -20.0. The molecule has 0 spiro atoms. The molecule has 4 aromatic rings. The van der Waals surface area contributed by atoms with Gasteiger partial charge in [0, 0.05) is 141 Å². The van der Waals surface area contributed by atoms with E-state index in [4.69, 9.17) is 61.4 Å². The third-order valence-electron chi connectivity index (χ3n) is 24.8. The van der Waals surface area contributed by atoms with Crippen LogP contribution in [-0.4, -0.2) is 348 Å². The van der Waals surface area contributed by atoms with E-state index in [0.29, 0.717) is 22.0 Å². The molecule has 2 aromatic carbocycles. The van der Waals surface area contributed by atoms with Crippen molar-refractivity contribution in [3.05, 3.63) is 90.1 Å². The summed E-state index contributed by atoms with van der Waals surface area (Å²) in [6.45, 7) is 5.65. The van der Waals surface area contributed by atoms with Crippen LogP contribution in [0.15, 0.2) is 73.3 Å². The largest absolute Gasteiger partial charge is 0.480 e. The number of H-pyrrole nitrogens is 2. The summed E-state index contributed by atoms with van der Waals surface area (Å²) in [5.41, 5.74) is 36.6. The molecule has 4 bridgehead atoms. The molecule has 0 radical (unpaired) electrons. The lowest BCUT2D eigenvalue weighted by Crippen LogP contribution is -2.61. The second-order valence-corrected chi connectivity index (χ2v) is 41.2. The van der Waals surface area contributed by atoms with Crippen molar-refractivity contribution in [3.63, 3.8) is 0 Å². The van der Waals surface area contributed by atoms with E-state index < -0.39 is 247 Å². The van der Waals surface area contributed by atoms with E-state index in [2.05, 4.69) is 105 Å². The summed E-state index contributed by atoms with van der Waals surface area (Å²) in [4.78, 5) is 272. The first-order valence-electron chi connectivity index (χ1n) is 50.0. The number of thioether (sulfide) groups is 3. The highest BCUT2D eigenvalue weighted by molar-refractivity contribution is 7.99. The quantitative estimate of drug-likeness (QED) is 0.0114. The fraction of sp³-hybridized carbons (Fsp3) is 0.585. The van der Waals surface area contributed by atoms with Gasteiger partial charge in [-0.1, -0.05) is 76.2 Å². The Morgan fingerprint density at radius 1 is 0.480 bits per heavy atom. The van der Waals surface area contributed by atoms with Crippen molar-refractivity contribution in [1.82, 2.24) is 125 Å². The molecular formula is C94H147N35O18S3. The number of imidazole rings is 1. The monoisotopic (exact) mass is 2150 g/mol. The van der Waals surface area contributed by atoms with Gasteiger partial charge >= 0.3 is 5.97 Å². The van der Waals surface area contributed by atoms with Crippen LogP contribution in [0.5, 0.6) is 0 Å². The number of carbonyl (C=O) groups excluding carboxylic acids is 16. The summed E-state index contributed by atoms with van der Waals surface area (Å²) in [5, 5.41) is 96.5. The number of hydrogen-bond acceptors (Lipinski definition) is 27. The molecule has 0 unspecified atom stereocenters. The van der Waals surface area contributed by atoms with Crippen LogP contribution in [-0.2, 0) is 101 Å². The molecule has 824 valence electrons. The molecule has 4 fully saturated rings. The highest BCUT2D eigenvalue weighted by atomic mass is 32.2. The fourth-order valence-electron chi connectivity index (χ4n) is 17.0. The van der Waals surface area contributed by atoms with Gasteiger partial charge in [0.15, 0.2) is 29.8 Å². The number of aliphatic carboxylic acids is 1. The van der Waals surface area contributed by atoms with Gasteiger partial charge < -0.3 is 159 Å². The van der Waals surface area contributed by atoms with Crippen molar-refractivity contribution in [1.29, 1.82) is 27.0 Å². The lowest BCUT2D eigenvalue weighted by molar-refractivity contribution is -0.158. The van der Waals surface area contributed by atoms with Crippen molar-refractivity contribution in [2.45, 2.75) is 241 Å². The Labute approximate surface area is 881 Å². The molecule has 0 aliphatic carbocycles. The number of guanidine groups is 5. The average molecular weight is 2150 g/mol. The normalized spacial score (nSPS) is 22.3. The van der Waals surface area contributed by atoms with Gasteiger partial charge in [0.05, 0.1) is 32.4 Å². The zero-order valence-electron chi connectivity index (χ0n) is 84.7. The number of fused-ring (bicyclic) bond motifs is 9. The number of aromatic nitrogens is 3. The molecule has 56 heteroatoms. The SMILES string of the molecule is CC(C)C[C@@H]1NC(=O)[C@H](Cc2cnc[nH]2)NC(=O)[C@H](CCCNC(=N)N)NC(=O)[C@@H]2CSCCC(=O)N3CN(CN(C3)C(=O)CCSC[C@H](NC(=O)[C@@H](N)CCCNC(=N)N)C(=O)N[C@@H](Cc3ccccc3)C(=O)N[C@@H](CCCNC(=N)N)C(=O)N[C@@H](CC(C)C)C(=O)N3CCC[C@H]3C(=O)N2)C(=O)CCSC[C@@H](C(=O)N[C@@H](CCCNC(=N)N)C(=O)N[C@@H](Cc2c[nH]c3ccccc23)C(=O)O)NC(=O)[C@H](CCCNC(=N)N)NC1=O. The number of aromatic amines is 2. The summed E-state index contributed by atoms with van der Waals surface area (Å²) in [6, 6.07) is -6.14. The Morgan fingerprint density at radius 2 is 0.933 bits per heavy atom. The Kier molecular flexibility index (Phi) is 50.0. The zero-order valence-corrected chi connectivity index (χ0v) is 87.2. The Balaban J connectivity index is 1.25. The van der Waals surface area contributed by atoms with Gasteiger partial charge in [0.2, 0.25) is 94.5 Å². The maximum absolute atomic E-state index is 15.6. The standard InChI is InChI=1S/C94H147N35O18S3/c1-52(2)38-64-81(138)114-63(24-14-33-111-94(104)105)80(137)124-70(84(141)117-62(23-13-32-110-93(102)103)79(136)122-68(89(146)147)41-55-43-112-59-20-9-8-18-57(55)59)46-149-36-27-74(131)127-49-126-50-128(51-127)75(132)28-37-150-47-71(85(142)116-60(21-11-30-108-91(98)99)77(134)120-66(83(140)118-64)42-56-44-106-48-113-56)125-87(144)72-25-15-34-129(72)88(145)67(39-53(3)4)121-78(135)61(22-12-31-109-92(100)101)115-82(139)65(40-54-16-6-5-7-17-54)119-86(143)69(45-148-35-26-73(126)130)123-76(133)58(95)19-10-29-107-90(96)97/h5-9,16-18,20,43-44,48,52-53,58,60-72,112H,10-15,19,21-42,45-47,49-51,95H2,1-4H3,(H,106,113)(H,114,138)(H,115,139)(H,116,142)(H,117,141)(H,118,140)(H,119,143)(H,120,134)(H,121,135)(H,122,136)(H,123,133)(H,124,137)(H,125,144)(H,146,147)(H4,96,97,107)(H4,98,99,108)(H4,100,101,109)(H4,102,103,110)(H4,104,105,111)/t58-,60-,61-,62-,63-,64-,65-,66-,67-,68-,69-,70-,71-,72-/m0/s1. The van der Waals surface area contributed by atoms with Gasteiger partial charge in [-0.25, -0.2) is 9.78 Å². The molecule has 2 aromatic heterocycles. The molecule has 8 rings (SSSR count). The first-order chi connectivity index (χ1) is 71.5. The molecule has 53 nitrogen and oxygen atoms in total. The molecule has 16 amide bonds. The van der Waals surface area contributed by atoms with Gasteiger partial charge in [0.1, 0.15) is 78.5 Å². The molecule has 4 aliphatic rings. The van der Waals surface area contributed by atoms with Crippen molar-refractivity contribution in [2.24, 2.45) is 46.2 Å². The number of carboxylic acid groups (broad SMARTS) is 1. The number of nitrogens with two attached hydrogens (primary N) is 6. The van der Waals surface area contributed by atoms with Crippen LogP contribution in [0.4, 0.5) is 0 Å². The van der Waals surface area contributed by atoms with Gasteiger partial charge in [-0.15, -0.1) is 0 Å². The molecule has 4 aliphatic heterocycles. The van der Waals surface area contributed by atoms with Gasteiger partial charge in [-0.3, -0.25) is 104 Å². The highest BCUT2D eigenvalue weighted by Gasteiger charge is 2.44. The second kappa shape index (κ2) is 62.1. The predicted molar refractivity (Wildman–Crippen MR) is 564 cm³/mol. The van der Waals surface area contributed by atoms with Crippen LogP contribution in [0.3, 0.4) is 0 Å². The minimum absolute atomic E-state index is 0.00129. The van der Waals surface area contributed by atoms with E-state index in [0.717, 1.165) is 35.3 Å². The number of amides is 16. The van der Waals surface area contributed by atoms with Crippen LogP contribution in [0.2, 0.25) is 0 Å². The van der Waals surface area contributed by atoms with Crippen molar-refractivity contribution >= 4 is 176 Å². The number of carbonyl (C=O) groups is 17. The summed E-state index contributed by atoms with van der Waals surface area (Å²) >= 11 is 2.91. The molecule has 4 saturated heterocycles. The van der Waals surface area contributed by atoms with Crippen LogP contribution in [0, 0.1) is 38.9 Å². The number of carboxylic acids is 1. The number of nitrogens with zero attached hydrogens (tertiary/aromatic N) is 5. The van der Waals surface area contributed by atoms with Crippen LogP contribution in [0.1, 0.15) is 154 Å². The first-order valence-corrected chi connectivity index (χ1v) is 53.4. The zero-order chi connectivity index (χ0) is 110. The smallest absolute Gasteiger partial charge is 0.326 e. The number of hydrogen-bond donors (Lipinski definition) is 31. The van der Waals surface area contributed by atoms with E-state index in [1.54, 1.807) is 88.5 Å². The second-order valence-electron chi connectivity index (χ2n) is 37.8. The number of nitrogens with one attached hydrogen (secondary N) is 24. The average Bonchev–Trinajstić information content (AvgIpc) is 1.54. The van der Waals surface area contributed by atoms with E-state index >= 15 is 67.1 Å². The Bertz CT molecular complexity index is 5320. The topological polar surface area (TPSA) is 848 Å². The highest BCUT2D eigenvalue weighted by Crippen LogP contribution is 2.26. The molecule has 0 saturated carbocycles. The summed E-state index contributed by atoms with van der Waals surface area (Å²) < 4.78 is 0. The van der Waals surface area contributed by atoms with Crippen molar-refractivity contribution in [3.8, 4) is 0 Å². The molecule has 6 heterocycles. The minimum atomic E-state index is -1.72. The van der Waals surface area contributed by atoms with Gasteiger partial charge in [-0.05, 0) is 119 Å². The number of para-hydroxylation sites is 1. The lowest BCUT2D eigenvalue weighted by atomic mass is 10.0. The van der Waals surface area contributed by atoms with Crippen molar-refractivity contribution < 1.29 is 86.6 Å². The molecule has 37 N–H and O–H groups in total. The first kappa shape index (κ1) is 121. The summed E-state index contributed by atoms with van der Waals surface area (Å²) in [6.07, 6.45) is 1.70. The third-order valence-corrected chi connectivity index (χ3v) is 28.0. The van der Waals surface area contributed by atoms with E-state index in [-0.39, 0.29) is 208 Å². The van der Waals surface area contributed by atoms with Gasteiger partial charge in [-0.2, -0.15) is 35.3 Å². The van der Waals surface area contributed by atoms with E-state index in [1.165, 1.54) is 32.1 Å². The van der Waals surface area contributed by atoms with Crippen LogP contribution in [0.25, 0.3) is 10.9 Å². The van der Waals surface area contributed by atoms with E-state index in [9.17, 15) is 19.5 Å². The predicted octanol–water partition coefficient (Wildman–Crippen LogP) is -5.68. The van der Waals surface area contributed by atoms with Crippen LogP contribution < -0.4 is 125 Å².